The van der Waals surface area contributed by atoms with Gasteiger partial charge >= 0.3 is 0 Å². The molecular weight excluding hydrogens is 224 g/mol. The van der Waals surface area contributed by atoms with E-state index < -0.39 is 0 Å². The van der Waals surface area contributed by atoms with Gasteiger partial charge in [0, 0.05) is 12.1 Å². The minimum absolute atomic E-state index is 0.0750. The third-order valence-electron chi connectivity index (χ3n) is 5.71. The van der Waals surface area contributed by atoms with Gasteiger partial charge in [0.25, 0.3) is 0 Å². The lowest BCUT2D eigenvalue weighted by Crippen LogP contribution is -2.45. The normalized spacial score (nSPS) is 44.2. The maximum absolute atomic E-state index is 12.2. The average molecular weight is 250 g/mol. The maximum Gasteiger partial charge on any atom is 0.224 e. The molecule has 3 saturated carbocycles. The first-order chi connectivity index (χ1) is 8.65. The largest absolute Gasteiger partial charge is 0.353 e. The van der Waals surface area contributed by atoms with Crippen molar-refractivity contribution < 1.29 is 4.79 Å². The van der Waals surface area contributed by atoms with Crippen molar-refractivity contribution in [3.05, 3.63) is 0 Å². The van der Waals surface area contributed by atoms with Crippen molar-refractivity contribution in [3.63, 3.8) is 0 Å². The van der Waals surface area contributed by atoms with Crippen LogP contribution in [0.5, 0.6) is 0 Å². The molecule has 3 fully saturated rings. The molecule has 102 valence electrons. The Kier molecular flexibility index (Phi) is 3.35. The molecule has 6 atom stereocenters. The molecule has 3 N–H and O–H groups in total. The molecule has 0 aromatic heterocycles. The topological polar surface area (TPSA) is 55.1 Å². The highest BCUT2D eigenvalue weighted by Gasteiger charge is 2.42. The molecule has 0 spiro atoms. The molecule has 6 unspecified atom stereocenters. The minimum atomic E-state index is 0.0750. The van der Waals surface area contributed by atoms with Gasteiger partial charge in [-0.05, 0) is 56.8 Å². The summed E-state index contributed by atoms with van der Waals surface area (Å²) in [5.41, 5.74) is 6.01. The highest BCUT2D eigenvalue weighted by Crippen LogP contribution is 2.49. The first kappa shape index (κ1) is 12.5. The molecule has 0 aromatic carbocycles. The highest BCUT2D eigenvalue weighted by molar-refractivity contribution is 5.80. The summed E-state index contributed by atoms with van der Waals surface area (Å²) in [6.07, 6.45) is 8.67. The number of rotatable bonds is 3. The van der Waals surface area contributed by atoms with E-state index in [-0.39, 0.29) is 17.9 Å². The van der Waals surface area contributed by atoms with Crippen LogP contribution in [0.3, 0.4) is 0 Å². The van der Waals surface area contributed by atoms with Gasteiger partial charge < -0.3 is 11.1 Å². The van der Waals surface area contributed by atoms with Crippen molar-refractivity contribution in [2.75, 3.05) is 0 Å². The number of carbonyl (C=O) groups excluding carboxylic acids is 1. The minimum Gasteiger partial charge on any atom is -0.353 e. The molecule has 0 saturated heterocycles. The third kappa shape index (κ3) is 2.18. The van der Waals surface area contributed by atoms with Crippen LogP contribution in [-0.4, -0.2) is 18.0 Å². The predicted molar refractivity (Wildman–Crippen MR) is 71.9 cm³/mol. The maximum atomic E-state index is 12.2. The van der Waals surface area contributed by atoms with Crippen molar-refractivity contribution in [3.8, 4) is 0 Å². The summed E-state index contributed by atoms with van der Waals surface area (Å²) in [4.78, 5) is 12.2. The zero-order chi connectivity index (χ0) is 12.7. The second kappa shape index (κ2) is 4.84. The van der Waals surface area contributed by atoms with Crippen LogP contribution >= 0.6 is 0 Å². The van der Waals surface area contributed by atoms with Gasteiger partial charge in [-0.3, -0.25) is 4.79 Å². The molecular formula is C15H26N2O. The van der Waals surface area contributed by atoms with E-state index in [2.05, 4.69) is 12.2 Å². The molecule has 0 heterocycles. The Morgan fingerprint density at radius 1 is 1.22 bits per heavy atom. The first-order valence-corrected chi connectivity index (χ1v) is 7.71. The number of hydrogen-bond acceptors (Lipinski definition) is 2. The second-order valence-corrected chi connectivity index (χ2v) is 6.84. The van der Waals surface area contributed by atoms with Gasteiger partial charge in [-0.15, -0.1) is 0 Å². The number of nitrogens with one attached hydrogen (secondary N) is 1. The quantitative estimate of drug-likeness (QED) is 0.805. The first-order valence-electron chi connectivity index (χ1n) is 7.71. The van der Waals surface area contributed by atoms with Crippen LogP contribution in [0.25, 0.3) is 0 Å². The number of carbonyl (C=O) groups is 1. The Bertz CT molecular complexity index is 330. The Morgan fingerprint density at radius 3 is 2.61 bits per heavy atom. The van der Waals surface area contributed by atoms with Gasteiger partial charge in [0.05, 0.1) is 5.92 Å². The van der Waals surface area contributed by atoms with E-state index in [4.69, 9.17) is 5.73 Å². The van der Waals surface area contributed by atoms with E-state index in [1.54, 1.807) is 0 Å². The lowest BCUT2D eigenvalue weighted by Gasteiger charge is -2.29. The fraction of sp³-hybridized carbons (Fsp3) is 0.933. The van der Waals surface area contributed by atoms with Crippen molar-refractivity contribution >= 4 is 5.91 Å². The zero-order valence-electron chi connectivity index (χ0n) is 11.4. The van der Waals surface area contributed by atoms with E-state index in [1.807, 2.05) is 0 Å². The third-order valence-corrected chi connectivity index (χ3v) is 5.71. The van der Waals surface area contributed by atoms with Gasteiger partial charge in [-0.25, -0.2) is 0 Å². The van der Waals surface area contributed by atoms with Crippen molar-refractivity contribution in [1.29, 1.82) is 0 Å². The van der Waals surface area contributed by atoms with Gasteiger partial charge in [0.2, 0.25) is 5.91 Å². The molecule has 0 aliphatic heterocycles. The lowest BCUT2D eigenvalue weighted by atomic mass is 9.83. The van der Waals surface area contributed by atoms with E-state index in [9.17, 15) is 4.79 Å². The summed E-state index contributed by atoms with van der Waals surface area (Å²) in [6.45, 7) is 2.20. The molecule has 0 aromatic rings. The fourth-order valence-corrected chi connectivity index (χ4v) is 4.66. The number of amides is 1. The monoisotopic (exact) mass is 250 g/mol. The number of hydrogen-bond donors (Lipinski definition) is 2. The Labute approximate surface area is 110 Å². The van der Waals surface area contributed by atoms with Crippen LogP contribution in [0.1, 0.15) is 51.9 Å². The van der Waals surface area contributed by atoms with Crippen molar-refractivity contribution in [2.45, 2.75) is 64.0 Å². The van der Waals surface area contributed by atoms with Crippen LogP contribution in [-0.2, 0) is 4.79 Å². The van der Waals surface area contributed by atoms with Crippen molar-refractivity contribution in [1.82, 2.24) is 5.32 Å². The van der Waals surface area contributed by atoms with Crippen molar-refractivity contribution in [2.24, 2.45) is 29.4 Å². The number of nitrogens with two attached hydrogens (primary N) is 1. The van der Waals surface area contributed by atoms with E-state index in [1.165, 1.54) is 25.7 Å². The summed E-state index contributed by atoms with van der Waals surface area (Å²) >= 11 is 0. The van der Waals surface area contributed by atoms with Crippen LogP contribution in [0.15, 0.2) is 0 Å². The van der Waals surface area contributed by atoms with E-state index in [0.29, 0.717) is 6.04 Å². The Morgan fingerprint density at radius 2 is 2.06 bits per heavy atom. The van der Waals surface area contributed by atoms with Gasteiger partial charge in [0.15, 0.2) is 0 Å². The zero-order valence-corrected chi connectivity index (χ0v) is 11.4. The SMILES string of the molecule is CC(NC(=O)C1CCCC1N)C1CC2CCC1C2. The smallest absolute Gasteiger partial charge is 0.224 e. The summed E-state index contributed by atoms with van der Waals surface area (Å²) in [6, 6.07) is 0.442. The fourth-order valence-electron chi connectivity index (χ4n) is 4.66. The summed E-state index contributed by atoms with van der Waals surface area (Å²) in [5.74, 6) is 2.85. The van der Waals surface area contributed by atoms with Crippen LogP contribution < -0.4 is 11.1 Å². The molecule has 1 amide bonds. The predicted octanol–water partition coefficient (Wildman–Crippen LogP) is 2.05. The summed E-state index contributed by atoms with van der Waals surface area (Å²) in [7, 11) is 0. The standard InChI is InChI=1S/C15H26N2O/c1-9(13-8-10-5-6-11(13)7-10)17-15(18)12-3-2-4-14(12)16/h9-14H,2-8,16H2,1H3,(H,17,18). The molecule has 3 aliphatic rings. The summed E-state index contributed by atoms with van der Waals surface area (Å²) in [5, 5.41) is 3.26. The summed E-state index contributed by atoms with van der Waals surface area (Å²) < 4.78 is 0. The molecule has 2 bridgehead atoms. The van der Waals surface area contributed by atoms with Gasteiger partial charge in [-0.2, -0.15) is 0 Å². The Hall–Kier alpha value is -0.570. The van der Waals surface area contributed by atoms with E-state index in [0.717, 1.165) is 37.0 Å². The highest BCUT2D eigenvalue weighted by atomic mass is 16.2. The van der Waals surface area contributed by atoms with Crippen LogP contribution in [0.2, 0.25) is 0 Å². The molecule has 3 heteroatoms. The lowest BCUT2D eigenvalue weighted by molar-refractivity contribution is -0.126. The van der Waals surface area contributed by atoms with Crippen LogP contribution in [0.4, 0.5) is 0 Å². The molecule has 0 radical (unpaired) electrons. The molecule has 3 nitrogen and oxygen atoms in total. The molecule has 18 heavy (non-hydrogen) atoms. The molecule has 3 aliphatic carbocycles. The number of fused-ring (bicyclic) bond motifs is 2. The average Bonchev–Trinajstić information content (AvgIpc) is 3.03. The molecule has 3 rings (SSSR count). The van der Waals surface area contributed by atoms with Gasteiger partial charge in [-0.1, -0.05) is 12.8 Å². The van der Waals surface area contributed by atoms with Gasteiger partial charge in [0.1, 0.15) is 0 Å². The Balaban J connectivity index is 1.54. The van der Waals surface area contributed by atoms with Crippen LogP contribution in [0, 0.1) is 23.7 Å². The van der Waals surface area contributed by atoms with E-state index >= 15 is 0 Å². The second-order valence-electron chi connectivity index (χ2n) is 6.84.